The van der Waals surface area contributed by atoms with Crippen LogP contribution >= 0.6 is 12.4 Å². The number of piperidine rings is 1. The quantitative estimate of drug-likeness (QED) is 0.538. The van der Waals surface area contributed by atoms with Gasteiger partial charge >= 0.3 is 0 Å². The van der Waals surface area contributed by atoms with E-state index in [1.165, 1.54) is 6.07 Å². The van der Waals surface area contributed by atoms with Crippen molar-refractivity contribution in [3.05, 3.63) is 70.4 Å². The lowest BCUT2D eigenvalue weighted by Gasteiger charge is -2.23. The van der Waals surface area contributed by atoms with Crippen molar-refractivity contribution in [2.45, 2.75) is 18.8 Å². The molecular weight excluding hydrogens is 379 g/mol. The highest BCUT2D eigenvalue weighted by Gasteiger charge is 2.22. The molecule has 28 heavy (non-hydrogen) atoms. The summed E-state index contributed by atoms with van der Waals surface area (Å²) in [6, 6.07) is 14.1. The maximum atomic E-state index is 14.8. The normalized spacial score (nSPS) is 15.0. The average molecular weight is 399 g/mol. The number of halogens is 2. The molecule has 1 aliphatic rings. The molecule has 3 heterocycles. The van der Waals surface area contributed by atoms with Gasteiger partial charge in [-0.05, 0) is 43.6 Å². The fourth-order valence-electron chi connectivity index (χ4n) is 4.10. The summed E-state index contributed by atoms with van der Waals surface area (Å²) >= 11 is 0. The van der Waals surface area contributed by atoms with Crippen molar-refractivity contribution in [3.8, 4) is 11.1 Å². The molecule has 0 bridgehead atoms. The van der Waals surface area contributed by atoms with Crippen molar-refractivity contribution in [1.29, 1.82) is 0 Å². The van der Waals surface area contributed by atoms with E-state index in [1.54, 1.807) is 16.6 Å². The van der Waals surface area contributed by atoms with Gasteiger partial charge in [0.15, 0.2) is 0 Å². The Morgan fingerprint density at radius 2 is 1.82 bits per heavy atom. The molecule has 5 rings (SSSR count). The van der Waals surface area contributed by atoms with Crippen LogP contribution in [0.1, 0.15) is 24.5 Å². The summed E-state index contributed by atoms with van der Waals surface area (Å²) in [7, 11) is 0. The molecule has 1 saturated heterocycles. The van der Waals surface area contributed by atoms with E-state index in [9.17, 15) is 9.18 Å². The highest BCUT2D eigenvalue weighted by Crippen LogP contribution is 2.34. The third kappa shape index (κ3) is 2.99. The molecule has 0 amide bonds. The fourth-order valence-corrected chi connectivity index (χ4v) is 4.10. The van der Waals surface area contributed by atoms with Crippen LogP contribution in [-0.2, 0) is 0 Å². The predicted molar refractivity (Wildman–Crippen MR) is 111 cm³/mol. The SMILES string of the molecule is Cl.O=c1cc(C2CCNCC2)n2nc3ccc(F)c(-c4ccccc4)c3c2[nH]1. The van der Waals surface area contributed by atoms with Crippen LogP contribution in [0.15, 0.2) is 53.3 Å². The number of H-pyrrole nitrogens is 1. The zero-order valence-electron chi connectivity index (χ0n) is 15.1. The van der Waals surface area contributed by atoms with Gasteiger partial charge in [-0.15, -0.1) is 12.4 Å². The van der Waals surface area contributed by atoms with E-state index in [-0.39, 0.29) is 29.7 Å². The standard InChI is InChI=1S/C21H19FN4O.ClH/c22-15-6-7-16-20(19(15)14-4-2-1-3-5-14)21-24-18(27)12-17(26(21)25-16)13-8-10-23-11-9-13;/h1-7,12-13,23H,8-11H2,(H,24,27);1H. The lowest BCUT2D eigenvalue weighted by atomic mass is 9.94. The van der Waals surface area contributed by atoms with Crippen molar-refractivity contribution in [3.63, 3.8) is 0 Å². The predicted octanol–water partition coefficient (Wildman–Crippen LogP) is 3.87. The molecule has 0 unspecified atom stereocenters. The molecule has 1 aliphatic heterocycles. The fraction of sp³-hybridized carbons (Fsp3) is 0.238. The van der Waals surface area contributed by atoms with Crippen LogP contribution in [0.5, 0.6) is 0 Å². The first kappa shape index (κ1) is 18.7. The van der Waals surface area contributed by atoms with Gasteiger partial charge in [0.2, 0.25) is 0 Å². The maximum absolute atomic E-state index is 14.8. The smallest absolute Gasteiger partial charge is 0.251 e. The minimum Gasteiger partial charge on any atom is -0.317 e. The Morgan fingerprint density at radius 1 is 1.07 bits per heavy atom. The van der Waals surface area contributed by atoms with E-state index in [0.717, 1.165) is 37.2 Å². The Balaban J connectivity index is 0.00000192. The van der Waals surface area contributed by atoms with E-state index in [1.807, 2.05) is 30.3 Å². The minimum absolute atomic E-state index is 0. The maximum Gasteiger partial charge on any atom is 0.251 e. The number of aromatic amines is 1. The van der Waals surface area contributed by atoms with E-state index in [4.69, 9.17) is 5.10 Å². The largest absolute Gasteiger partial charge is 0.317 e. The molecule has 7 heteroatoms. The van der Waals surface area contributed by atoms with Crippen molar-refractivity contribution < 1.29 is 4.39 Å². The number of rotatable bonds is 2. The monoisotopic (exact) mass is 398 g/mol. The molecule has 0 spiro atoms. The first-order valence-electron chi connectivity index (χ1n) is 9.22. The zero-order chi connectivity index (χ0) is 18.4. The Morgan fingerprint density at radius 3 is 2.57 bits per heavy atom. The van der Waals surface area contributed by atoms with Crippen molar-refractivity contribution in [2.24, 2.45) is 0 Å². The van der Waals surface area contributed by atoms with Crippen LogP contribution < -0.4 is 10.9 Å². The van der Waals surface area contributed by atoms with Gasteiger partial charge in [0.1, 0.15) is 11.5 Å². The van der Waals surface area contributed by atoms with Gasteiger partial charge in [0.05, 0.1) is 16.6 Å². The third-order valence-corrected chi connectivity index (χ3v) is 5.37. The molecule has 5 nitrogen and oxygen atoms in total. The van der Waals surface area contributed by atoms with E-state index in [0.29, 0.717) is 22.1 Å². The number of benzene rings is 2. The second-order valence-corrected chi connectivity index (χ2v) is 7.03. The van der Waals surface area contributed by atoms with Crippen LogP contribution in [-0.4, -0.2) is 27.7 Å². The minimum atomic E-state index is -0.322. The summed E-state index contributed by atoms with van der Waals surface area (Å²) in [5.41, 5.74) is 3.19. The molecule has 0 aliphatic carbocycles. The Kier molecular flexibility index (Phi) is 4.91. The summed E-state index contributed by atoms with van der Waals surface area (Å²) in [5.74, 6) is -0.0629. The Labute approximate surface area is 167 Å². The zero-order valence-corrected chi connectivity index (χ0v) is 15.9. The second kappa shape index (κ2) is 7.37. The number of nitrogens with zero attached hydrogens (tertiary/aromatic N) is 2. The lowest BCUT2D eigenvalue weighted by Crippen LogP contribution is -2.28. The number of fused-ring (bicyclic) bond motifs is 3. The van der Waals surface area contributed by atoms with Gasteiger partial charge < -0.3 is 10.3 Å². The Hall–Kier alpha value is -2.70. The highest BCUT2D eigenvalue weighted by atomic mass is 35.5. The lowest BCUT2D eigenvalue weighted by molar-refractivity contribution is 0.446. The molecule has 0 atom stereocenters. The summed E-state index contributed by atoms with van der Waals surface area (Å²) in [5, 5.41) is 8.71. The number of hydrogen-bond donors (Lipinski definition) is 2. The summed E-state index contributed by atoms with van der Waals surface area (Å²) in [4.78, 5) is 15.3. The number of hydrogen-bond acceptors (Lipinski definition) is 3. The van der Waals surface area contributed by atoms with Crippen LogP contribution in [0, 0.1) is 5.82 Å². The van der Waals surface area contributed by atoms with Gasteiger partial charge in [-0.25, -0.2) is 8.91 Å². The van der Waals surface area contributed by atoms with Crippen molar-refractivity contribution in [1.82, 2.24) is 19.9 Å². The number of aromatic nitrogens is 3. The van der Waals surface area contributed by atoms with Gasteiger partial charge in [-0.3, -0.25) is 4.79 Å². The molecule has 2 N–H and O–H groups in total. The van der Waals surface area contributed by atoms with Gasteiger partial charge in [0, 0.05) is 17.5 Å². The van der Waals surface area contributed by atoms with Crippen LogP contribution in [0.4, 0.5) is 4.39 Å². The van der Waals surface area contributed by atoms with Crippen LogP contribution in [0.25, 0.3) is 27.7 Å². The molecule has 4 aromatic rings. The molecule has 1 fully saturated rings. The number of nitrogens with one attached hydrogen (secondary N) is 2. The molecule has 2 aromatic heterocycles. The summed E-state index contributed by atoms with van der Waals surface area (Å²) in [6.45, 7) is 1.84. The van der Waals surface area contributed by atoms with Crippen molar-refractivity contribution in [2.75, 3.05) is 13.1 Å². The first-order chi connectivity index (χ1) is 13.2. The molecule has 2 aromatic carbocycles. The van der Waals surface area contributed by atoms with Crippen molar-refractivity contribution >= 4 is 29.0 Å². The molecule has 0 radical (unpaired) electrons. The summed E-state index contributed by atoms with van der Waals surface area (Å²) in [6.07, 6.45) is 1.91. The molecular formula is C21H20ClFN4O. The van der Waals surface area contributed by atoms with E-state index in [2.05, 4.69) is 10.3 Å². The summed E-state index contributed by atoms with van der Waals surface area (Å²) < 4.78 is 16.6. The highest BCUT2D eigenvalue weighted by molar-refractivity contribution is 6.04. The van der Waals surface area contributed by atoms with Gasteiger partial charge in [-0.2, -0.15) is 5.10 Å². The third-order valence-electron chi connectivity index (χ3n) is 5.37. The van der Waals surface area contributed by atoms with Gasteiger partial charge in [-0.1, -0.05) is 30.3 Å². The van der Waals surface area contributed by atoms with E-state index < -0.39 is 0 Å². The Bertz CT molecular complexity index is 1200. The van der Waals surface area contributed by atoms with Crippen LogP contribution in [0.2, 0.25) is 0 Å². The molecule has 0 saturated carbocycles. The van der Waals surface area contributed by atoms with Crippen LogP contribution in [0.3, 0.4) is 0 Å². The topological polar surface area (TPSA) is 62.2 Å². The second-order valence-electron chi connectivity index (χ2n) is 7.03. The van der Waals surface area contributed by atoms with Gasteiger partial charge in [0.25, 0.3) is 5.56 Å². The molecule has 144 valence electrons. The first-order valence-corrected chi connectivity index (χ1v) is 9.22. The van der Waals surface area contributed by atoms with E-state index >= 15 is 0 Å². The average Bonchev–Trinajstić information content (AvgIpc) is 3.07.